The van der Waals surface area contributed by atoms with Crippen molar-refractivity contribution in [2.75, 3.05) is 26.8 Å². The molecule has 1 aromatic carbocycles. The lowest BCUT2D eigenvalue weighted by Gasteiger charge is -2.11. The van der Waals surface area contributed by atoms with Crippen LogP contribution in [0.3, 0.4) is 0 Å². The monoisotopic (exact) mass is 522 g/mol. The maximum absolute atomic E-state index is 12.3. The molecule has 1 heterocycles. The molecular formula is C18H27IN4O4S. The van der Waals surface area contributed by atoms with Crippen LogP contribution in [-0.4, -0.2) is 41.2 Å². The molecule has 10 heteroatoms. The van der Waals surface area contributed by atoms with Gasteiger partial charge >= 0.3 is 0 Å². The number of hydrogen-bond acceptors (Lipinski definition) is 5. The predicted octanol–water partition coefficient (Wildman–Crippen LogP) is 2.08. The van der Waals surface area contributed by atoms with Gasteiger partial charge in [0.2, 0.25) is 10.0 Å². The summed E-state index contributed by atoms with van der Waals surface area (Å²) >= 11 is 0. The molecule has 0 aliphatic rings. The largest absolute Gasteiger partial charge is 0.467 e. The van der Waals surface area contributed by atoms with Gasteiger partial charge in [-0.05, 0) is 36.8 Å². The van der Waals surface area contributed by atoms with E-state index in [-0.39, 0.29) is 35.4 Å². The van der Waals surface area contributed by atoms with E-state index in [0.29, 0.717) is 32.2 Å². The Morgan fingerprint density at radius 1 is 1.21 bits per heavy atom. The van der Waals surface area contributed by atoms with Gasteiger partial charge in [-0.25, -0.2) is 18.1 Å². The minimum absolute atomic E-state index is 0. The zero-order valence-electron chi connectivity index (χ0n) is 16.0. The van der Waals surface area contributed by atoms with Gasteiger partial charge < -0.3 is 19.8 Å². The predicted molar refractivity (Wildman–Crippen MR) is 119 cm³/mol. The lowest BCUT2D eigenvalue weighted by molar-refractivity contribution is 0.204. The lowest BCUT2D eigenvalue weighted by atomic mass is 10.2. The second-order valence-electron chi connectivity index (χ2n) is 5.67. The van der Waals surface area contributed by atoms with E-state index in [9.17, 15) is 8.42 Å². The van der Waals surface area contributed by atoms with Gasteiger partial charge in [0.15, 0.2) is 5.96 Å². The van der Waals surface area contributed by atoms with Gasteiger partial charge in [-0.2, -0.15) is 0 Å². The van der Waals surface area contributed by atoms with Crippen molar-refractivity contribution in [2.24, 2.45) is 4.99 Å². The van der Waals surface area contributed by atoms with Gasteiger partial charge in [-0.3, -0.25) is 0 Å². The quantitative estimate of drug-likeness (QED) is 0.191. The molecule has 2 aromatic rings. The van der Waals surface area contributed by atoms with Crippen LogP contribution in [0.4, 0.5) is 0 Å². The highest BCUT2D eigenvalue weighted by atomic mass is 127. The number of furan rings is 1. The molecule has 0 radical (unpaired) electrons. The smallest absolute Gasteiger partial charge is 0.240 e. The topological polar surface area (TPSA) is 105 Å². The Morgan fingerprint density at radius 3 is 2.71 bits per heavy atom. The Morgan fingerprint density at radius 2 is 2.04 bits per heavy atom. The van der Waals surface area contributed by atoms with Crippen LogP contribution >= 0.6 is 24.0 Å². The third-order valence-corrected chi connectivity index (χ3v) is 5.04. The van der Waals surface area contributed by atoms with Gasteiger partial charge in [0, 0.05) is 20.2 Å². The Bertz CT molecular complexity index is 826. The van der Waals surface area contributed by atoms with Crippen LogP contribution in [0.15, 0.2) is 57.0 Å². The number of rotatable bonds is 10. The standard InChI is InChI=1S/C18H26N4O4S.HI/c1-3-19-18(21-14-16-7-5-10-26-16)20-13-15-6-4-8-17(12-15)27(23,24)22-9-11-25-2;/h4-8,10,12,22H,3,9,11,13-14H2,1-2H3,(H2,19,20,21);1H. The summed E-state index contributed by atoms with van der Waals surface area (Å²) in [5.74, 6) is 1.43. The summed E-state index contributed by atoms with van der Waals surface area (Å²) in [5.41, 5.74) is 0.791. The molecule has 156 valence electrons. The van der Waals surface area contributed by atoms with E-state index in [1.807, 2.05) is 25.1 Å². The number of nitrogens with one attached hydrogen (secondary N) is 3. The maximum Gasteiger partial charge on any atom is 0.240 e. The van der Waals surface area contributed by atoms with Gasteiger partial charge in [-0.15, -0.1) is 24.0 Å². The summed E-state index contributed by atoms with van der Waals surface area (Å²) in [7, 11) is -2.04. The number of sulfonamides is 1. The minimum atomic E-state index is -3.57. The molecule has 1 aromatic heterocycles. The van der Waals surface area contributed by atoms with E-state index in [1.165, 1.54) is 7.11 Å². The summed E-state index contributed by atoms with van der Waals surface area (Å²) in [6.45, 7) is 4.08. The molecule has 0 spiro atoms. The summed E-state index contributed by atoms with van der Waals surface area (Å²) in [6.07, 6.45) is 1.62. The number of ether oxygens (including phenoxy) is 1. The first kappa shape index (κ1) is 24.4. The molecule has 0 saturated carbocycles. The average Bonchev–Trinajstić information content (AvgIpc) is 3.18. The Labute approximate surface area is 183 Å². The van der Waals surface area contributed by atoms with Crippen LogP contribution in [0.25, 0.3) is 0 Å². The molecule has 0 atom stereocenters. The van der Waals surface area contributed by atoms with Crippen LogP contribution < -0.4 is 15.4 Å². The number of nitrogens with zero attached hydrogens (tertiary/aromatic N) is 1. The van der Waals surface area contributed by atoms with E-state index in [1.54, 1.807) is 24.5 Å². The summed E-state index contributed by atoms with van der Waals surface area (Å²) in [5, 5.41) is 6.32. The fraction of sp³-hybridized carbons (Fsp3) is 0.389. The summed E-state index contributed by atoms with van der Waals surface area (Å²) in [6, 6.07) is 10.4. The maximum atomic E-state index is 12.3. The first-order valence-electron chi connectivity index (χ1n) is 8.67. The second kappa shape index (κ2) is 12.8. The van der Waals surface area contributed by atoms with Crippen molar-refractivity contribution in [3.05, 3.63) is 54.0 Å². The fourth-order valence-corrected chi connectivity index (χ4v) is 3.35. The van der Waals surface area contributed by atoms with Gasteiger partial charge in [-0.1, -0.05) is 12.1 Å². The summed E-state index contributed by atoms with van der Waals surface area (Å²) in [4.78, 5) is 4.71. The molecule has 2 rings (SSSR count). The zero-order valence-corrected chi connectivity index (χ0v) is 19.1. The van der Waals surface area contributed by atoms with Crippen molar-refractivity contribution in [3.63, 3.8) is 0 Å². The number of aliphatic imine (C=N–C) groups is 1. The first-order chi connectivity index (χ1) is 13.0. The molecule has 0 aliphatic heterocycles. The number of benzene rings is 1. The Balaban J connectivity index is 0.00000392. The molecule has 28 heavy (non-hydrogen) atoms. The molecule has 0 bridgehead atoms. The van der Waals surface area contributed by atoms with Crippen molar-refractivity contribution >= 4 is 40.0 Å². The highest BCUT2D eigenvalue weighted by molar-refractivity contribution is 14.0. The van der Waals surface area contributed by atoms with Crippen LogP contribution in [-0.2, 0) is 27.8 Å². The van der Waals surface area contributed by atoms with Crippen molar-refractivity contribution in [2.45, 2.75) is 24.9 Å². The molecule has 0 fully saturated rings. The van der Waals surface area contributed by atoms with Crippen LogP contribution in [0.1, 0.15) is 18.2 Å². The van der Waals surface area contributed by atoms with Crippen LogP contribution in [0.5, 0.6) is 0 Å². The van der Waals surface area contributed by atoms with E-state index < -0.39 is 10.0 Å². The normalized spacial score (nSPS) is 11.7. The highest BCUT2D eigenvalue weighted by Crippen LogP contribution is 2.12. The molecular weight excluding hydrogens is 495 g/mol. The first-order valence-corrected chi connectivity index (χ1v) is 10.2. The molecule has 0 unspecified atom stereocenters. The molecule has 3 N–H and O–H groups in total. The zero-order chi connectivity index (χ0) is 19.5. The van der Waals surface area contributed by atoms with E-state index in [2.05, 4.69) is 20.3 Å². The van der Waals surface area contributed by atoms with Gasteiger partial charge in [0.05, 0.1) is 30.9 Å². The minimum Gasteiger partial charge on any atom is -0.467 e. The number of guanidine groups is 1. The average molecular weight is 522 g/mol. The third kappa shape index (κ3) is 8.17. The lowest BCUT2D eigenvalue weighted by Crippen LogP contribution is -2.36. The molecule has 0 amide bonds. The van der Waals surface area contributed by atoms with Crippen molar-refractivity contribution < 1.29 is 17.6 Å². The Kier molecular flexibility index (Phi) is 11.1. The highest BCUT2D eigenvalue weighted by Gasteiger charge is 2.13. The number of halogens is 1. The van der Waals surface area contributed by atoms with E-state index in [0.717, 1.165) is 11.3 Å². The van der Waals surface area contributed by atoms with Crippen LogP contribution in [0, 0.1) is 0 Å². The third-order valence-electron chi connectivity index (χ3n) is 3.58. The number of methoxy groups -OCH3 is 1. The van der Waals surface area contributed by atoms with Gasteiger partial charge in [0.25, 0.3) is 0 Å². The van der Waals surface area contributed by atoms with Gasteiger partial charge in [0.1, 0.15) is 5.76 Å². The fourth-order valence-electron chi connectivity index (χ4n) is 2.27. The van der Waals surface area contributed by atoms with Crippen molar-refractivity contribution in [1.29, 1.82) is 0 Å². The second-order valence-corrected chi connectivity index (χ2v) is 7.43. The SMILES string of the molecule is CCNC(=NCc1cccc(S(=O)(=O)NCCOC)c1)NCc1ccco1.I. The molecule has 0 saturated heterocycles. The van der Waals surface area contributed by atoms with E-state index in [4.69, 9.17) is 9.15 Å². The number of hydrogen-bond donors (Lipinski definition) is 3. The molecule has 8 nitrogen and oxygen atoms in total. The Hall–Kier alpha value is -1.63. The van der Waals surface area contributed by atoms with E-state index >= 15 is 0 Å². The van der Waals surface area contributed by atoms with Crippen molar-refractivity contribution in [1.82, 2.24) is 15.4 Å². The van der Waals surface area contributed by atoms with Crippen LogP contribution in [0.2, 0.25) is 0 Å². The molecule has 0 aliphatic carbocycles. The summed E-state index contributed by atoms with van der Waals surface area (Å²) < 4.78 is 37.3. The van der Waals surface area contributed by atoms with Crippen molar-refractivity contribution in [3.8, 4) is 0 Å².